The predicted octanol–water partition coefficient (Wildman–Crippen LogP) is 5.65. The molecule has 0 radical (unpaired) electrons. The average molecular weight is 514 g/mol. The minimum Gasteiger partial charge on any atom is -0.484 e. The zero-order chi connectivity index (χ0) is 26.7. The van der Waals surface area contributed by atoms with Gasteiger partial charge in [0.05, 0.1) is 5.69 Å². The molecule has 0 spiro atoms. The number of H-pyrrole nitrogens is 1. The molecule has 0 saturated carbocycles. The molecular weight excluding hydrogens is 492 g/mol. The number of pyridine rings is 1. The van der Waals surface area contributed by atoms with Crippen LogP contribution in [0.5, 0.6) is 5.75 Å². The van der Waals surface area contributed by atoms with Crippen molar-refractivity contribution >= 4 is 23.2 Å². The van der Waals surface area contributed by atoms with Gasteiger partial charge in [-0.3, -0.25) is 9.89 Å². The second kappa shape index (κ2) is 10.2. The molecule has 0 bridgehead atoms. The van der Waals surface area contributed by atoms with Crippen LogP contribution in [0.15, 0.2) is 60.7 Å². The highest BCUT2D eigenvalue weighted by Gasteiger charge is 2.32. The molecule has 0 saturated heterocycles. The average Bonchev–Trinajstić information content (AvgIpc) is 3.28. The van der Waals surface area contributed by atoms with E-state index in [4.69, 9.17) is 10.5 Å². The first kappa shape index (κ1) is 25.5. The smallest absolute Gasteiger partial charge is 0.433 e. The summed E-state index contributed by atoms with van der Waals surface area (Å²) in [7, 11) is 1.71. The molecule has 5 N–H and O–H groups in total. The van der Waals surface area contributed by atoms with E-state index in [1.165, 1.54) is 24.3 Å². The first-order valence-corrected chi connectivity index (χ1v) is 11.0. The molecule has 4 aromatic rings. The van der Waals surface area contributed by atoms with Crippen molar-refractivity contribution in [2.45, 2.75) is 19.2 Å². The van der Waals surface area contributed by atoms with E-state index < -0.39 is 23.9 Å². The van der Waals surface area contributed by atoms with Crippen molar-refractivity contribution in [2.75, 3.05) is 17.7 Å². The Balaban J connectivity index is 1.67. The number of rotatable bonds is 8. The Morgan fingerprint density at radius 1 is 1.11 bits per heavy atom. The topological polar surface area (TPSA) is 118 Å². The van der Waals surface area contributed by atoms with Crippen LogP contribution in [0.3, 0.4) is 0 Å². The van der Waals surface area contributed by atoms with Gasteiger partial charge in [-0.25, -0.2) is 9.37 Å². The number of anilines is 3. The molecule has 37 heavy (non-hydrogen) atoms. The lowest BCUT2D eigenvalue weighted by Crippen LogP contribution is -2.14. The van der Waals surface area contributed by atoms with Crippen LogP contribution in [0.1, 0.15) is 34.6 Å². The molecule has 1 amide bonds. The van der Waals surface area contributed by atoms with Crippen molar-refractivity contribution in [3.05, 3.63) is 83.3 Å². The van der Waals surface area contributed by atoms with Crippen molar-refractivity contribution in [3.8, 4) is 17.0 Å². The van der Waals surface area contributed by atoms with E-state index in [1.807, 2.05) is 0 Å². The van der Waals surface area contributed by atoms with E-state index in [0.29, 0.717) is 17.0 Å². The predicted molar refractivity (Wildman–Crippen MR) is 130 cm³/mol. The summed E-state index contributed by atoms with van der Waals surface area (Å²) in [6.07, 6.45) is -5.08. The summed E-state index contributed by atoms with van der Waals surface area (Å²) in [4.78, 5) is 15.9. The normalized spacial score (nSPS) is 12.2. The van der Waals surface area contributed by atoms with Gasteiger partial charge in [-0.05, 0) is 48.9 Å². The fourth-order valence-electron chi connectivity index (χ4n) is 3.64. The van der Waals surface area contributed by atoms with Crippen molar-refractivity contribution in [3.63, 3.8) is 0 Å². The van der Waals surface area contributed by atoms with E-state index in [-0.39, 0.29) is 28.7 Å². The monoisotopic (exact) mass is 514 g/mol. The summed E-state index contributed by atoms with van der Waals surface area (Å²) >= 11 is 0. The molecule has 192 valence electrons. The summed E-state index contributed by atoms with van der Waals surface area (Å²) in [5.74, 6) is -0.983. The number of hydrogen-bond donors (Lipinski definition) is 4. The molecule has 0 fully saturated rings. The molecule has 0 aliphatic heterocycles. The Morgan fingerprint density at radius 2 is 1.84 bits per heavy atom. The number of aromatic nitrogens is 3. The van der Waals surface area contributed by atoms with Gasteiger partial charge in [0.15, 0.2) is 0 Å². The molecule has 12 heteroatoms. The van der Waals surface area contributed by atoms with Gasteiger partial charge >= 0.3 is 6.18 Å². The van der Waals surface area contributed by atoms with E-state index in [2.05, 4.69) is 25.8 Å². The summed E-state index contributed by atoms with van der Waals surface area (Å²) in [6, 6.07) is 14.2. The lowest BCUT2D eigenvalue weighted by atomic mass is 10.1. The van der Waals surface area contributed by atoms with Gasteiger partial charge in [0.2, 0.25) is 0 Å². The lowest BCUT2D eigenvalue weighted by Gasteiger charge is -2.18. The zero-order valence-electron chi connectivity index (χ0n) is 19.7. The van der Waals surface area contributed by atoms with Crippen LogP contribution >= 0.6 is 0 Å². The van der Waals surface area contributed by atoms with Crippen LogP contribution < -0.4 is 21.1 Å². The van der Waals surface area contributed by atoms with Crippen molar-refractivity contribution in [1.29, 1.82) is 0 Å². The third-order valence-corrected chi connectivity index (χ3v) is 5.47. The summed E-state index contributed by atoms with van der Waals surface area (Å²) < 4.78 is 58.5. The van der Waals surface area contributed by atoms with E-state index in [0.717, 1.165) is 11.6 Å². The molecule has 2 aromatic carbocycles. The van der Waals surface area contributed by atoms with Crippen LogP contribution in [0.2, 0.25) is 0 Å². The molecule has 4 rings (SSSR count). The van der Waals surface area contributed by atoms with Gasteiger partial charge in [0, 0.05) is 12.6 Å². The maximum Gasteiger partial charge on any atom is 0.433 e. The quantitative estimate of drug-likeness (QED) is 0.226. The third kappa shape index (κ3) is 5.63. The molecular formula is C25H22F4N6O2. The first-order valence-electron chi connectivity index (χ1n) is 11.0. The highest BCUT2D eigenvalue weighted by Crippen LogP contribution is 2.36. The Kier molecular flexibility index (Phi) is 7.00. The number of benzene rings is 2. The first-order chi connectivity index (χ1) is 17.6. The molecule has 0 aliphatic carbocycles. The Morgan fingerprint density at radius 3 is 2.49 bits per heavy atom. The van der Waals surface area contributed by atoms with Crippen molar-refractivity contribution < 1.29 is 27.1 Å². The number of aromatic amines is 1. The summed E-state index contributed by atoms with van der Waals surface area (Å²) in [6.45, 7) is 1.80. The van der Waals surface area contributed by atoms with Crippen LogP contribution in [0.4, 0.5) is 34.9 Å². The molecule has 0 aliphatic rings. The lowest BCUT2D eigenvalue weighted by molar-refractivity contribution is -0.141. The molecule has 1 atom stereocenters. The minimum atomic E-state index is -4.64. The maximum absolute atomic E-state index is 13.3. The highest BCUT2D eigenvalue weighted by atomic mass is 19.4. The van der Waals surface area contributed by atoms with Crippen molar-refractivity contribution in [1.82, 2.24) is 15.2 Å². The fraction of sp³-hybridized carbons (Fsp3) is 0.160. The molecule has 2 aromatic heterocycles. The van der Waals surface area contributed by atoms with Crippen LogP contribution in [-0.2, 0) is 6.18 Å². The molecule has 0 unspecified atom stereocenters. The highest BCUT2D eigenvalue weighted by molar-refractivity contribution is 6.04. The van der Waals surface area contributed by atoms with Crippen LogP contribution in [0, 0.1) is 5.82 Å². The number of nitrogens with one attached hydrogen (secondary N) is 3. The number of ether oxygens (including phenoxy) is 1. The third-order valence-electron chi connectivity index (χ3n) is 5.47. The second-order valence-electron chi connectivity index (χ2n) is 7.99. The van der Waals surface area contributed by atoms with E-state index in [9.17, 15) is 22.4 Å². The number of alkyl halides is 3. The van der Waals surface area contributed by atoms with Gasteiger partial charge in [0.1, 0.15) is 46.3 Å². The number of nitrogens with zero attached hydrogens (tertiary/aromatic N) is 2. The zero-order valence-corrected chi connectivity index (χ0v) is 19.7. The Hall–Kier alpha value is -4.61. The summed E-state index contributed by atoms with van der Waals surface area (Å²) in [5, 5.41) is 12.4. The SMILES string of the molecule is CNc1ccc(-c2n[nH]c(Nc3cccc(C(F)(F)F)n3)c2C(N)=O)cc1O[C@@H](C)c1ccc(F)cc1. The molecule has 2 heterocycles. The number of primary amides is 1. The van der Waals surface area contributed by atoms with Gasteiger partial charge < -0.3 is 21.1 Å². The number of hydrogen-bond acceptors (Lipinski definition) is 6. The largest absolute Gasteiger partial charge is 0.484 e. The van der Waals surface area contributed by atoms with Crippen LogP contribution in [0.25, 0.3) is 11.3 Å². The standard InChI is InChI=1S/C25H22F4N6O2/c1-13(14-6-9-16(26)10-7-14)37-18-12-15(8-11-17(18)31-2)22-21(23(30)36)24(35-34-22)33-20-5-3-4-19(32-20)25(27,28)29/h3-13,31H,1-2H3,(H2,30,36)(H2,32,33,34,35)/t13-/m0/s1. The van der Waals surface area contributed by atoms with Crippen LogP contribution in [-0.4, -0.2) is 28.1 Å². The Labute approximate surface area is 208 Å². The maximum atomic E-state index is 13.3. The van der Waals surface area contributed by atoms with Gasteiger partial charge in [-0.15, -0.1) is 0 Å². The van der Waals surface area contributed by atoms with Crippen molar-refractivity contribution in [2.24, 2.45) is 5.73 Å². The van der Waals surface area contributed by atoms with Gasteiger partial charge in [0.25, 0.3) is 5.91 Å². The Bertz CT molecular complexity index is 1420. The number of amides is 1. The van der Waals surface area contributed by atoms with Gasteiger partial charge in [-0.2, -0.15) is 18.3 Å². The van der Waals surface area contributed by atoms with Gasteiger partial charge in [-0.1, -0.05) is 24.3 Å². The van der Waals surface area contributed by atoms with E-state index >= 15 is 0 Å². The fourth-order valence-corrected chi connectivity index (χ4v) is 3.64. The number of nitrogens with two attached hydrogens (primary N) is 1. The number of carbonyl (C=O) groups is 1. The second-order valence-corrected chi connectivity index (χ2v) is 7.99. The molecule has 8 nitrogen and oxygen atoms in total. The minimum absolute atomic E-state index is 0.0193. The number of carbonyl (C=O) groups excluding carboxylic acids is 1. The summed E-state index contributed by atoms with van der Waals surface area (Å²) in [5.41, 5.74) is 6.42. The van der Waals surface area contributed by atoms with E-state index in [1.54, 1.807) is 44.3 Å². The number of halogens is 4.